The van der Waals surface area contributed by atoms with Crippen LogP contribution in [0.4, 0.5) is 11.6 Å². The van der Waals surface area contributed by atoms with Crippen LogP contribution in [0.25, 0.3) is 0 Å². The monoisotopic (exact) mass is 495 g/mol. The Bertz CT molecular complexity index is 1430. The number of thioether (sulfide) groups is 1. The molecule has 8 heteroatoms. The Balaban J connectivity index is 1.43. The largest absolute Gasteiger partial charge is 0.328 e. The molecule has 5 rings (SSSR count). The SMILES string of the molecule is CC1=C(C(=O)Nc2ccccc2)[C@H](c2ccccc2)n2nc(SCC(=O)c3ccc(C)cc3)nc2N1. The lowest BCUT2D eigenvalue weighted by molar-refractivity contribution is -0.113. The predicted octanol–water partition coefficient (Wildman–Crippen LogP) is 5.49. The topological polar surface area (TPSA) is 88.9 Å². The lowest BCUT2D eigenvalue weighted by Gasteiger charge is -2.28. The normalized spacial score (nSPS) is 14.7. The summed E-state index contributed by atoms with van der Waals surface area (Å²) >= 11 is 1.28. The van der Waals surface area contributed by atoms with E-state index in [1.54, 1.807) is 4.68 Å². The predicted molar refractivity (Wildman–Crippen MR) is 142 cm³/mol. The van der Waals surface area contributed by atoms with Gasteiger partial charge in [0, 0.05) is 16.9 Å². The van der Waals surface area contributed by atoms with Crippen LogP contribution in [0.2, 0.25) is 0 Å². The summed E-state index contributed by atoms with van der Waals surface area (Å²) in [5.74, 6) is 0.543. The maximum absolute atomic E-state index is 13.5. The number of benzene rings is 3. The molecular formula is C28H25N5O2S. The van der Waals surface area contributed by atoms with E-state index in [1.165, 1.54) is 11.8 Å². The van der Waals surface area contributed by atoms with Crippen molar-refractivity contribution in [2.24, 2.45) is 0 Å². The zero-order valence-electron chi connectivity index (χ0n) is 19.9. The van der Waals surface area contributed by atoms with E-state index in [4.69, 9.17) is 5.10 Å². The van der Waals surface area contributed by atoms with Crippen molar-refractivity contribution in [3.05, 3.63) is 113 Å². The first-order chi connectivity index (χ1) is 17.5. The summed E-state index contributed by atoms with van der Waals surface area (Å²) in [5.41, 5.74) is 4.64. The molecule has 1 aromatic heterocycles. The van der Waals surface area contributed by atoms with E-state index in [9.17, 15) is 9.59 Å². The lowest BCUT2D eigenvalue weighted by atomic mass is 9.95. The molecule has 2 N–H and O–H groups in total. The molecule has 0 spiro atoms. The molecule has 3 aromatic carbocycles. The van der Waals surface area contributed by atoms with Crippen molar-refractivity contribution in [3.8, 4) is 0 Å². The second kappa shape index (κ2) is 10.2. The quantitative estimate of drug-likeness (QED) is 0.260. The number of hydrogen-bond acceptors (Lipinski definition) is 6. The van der Waals surface area contributed by atoms with Gasteiger partial charge < -0.3 is 10.6 Å². The Morgan fingerprint density at radius 3 is 2.31 bits per heavy atom. The zero-order valence-corrected chi connectivity index (χ0v) is 20.8. The number of carbonyl (C=O) groups excluding carboxylic acids is 2. The van der Waals surface area contributed by atoms with Gasteiger partial charge in [-0.2, -0.15) is 4.98 Å². The fourth-order valence-corrected chi connectivity index (χ4v) is 4.83. The third-order valence-electron chi connectivity index (χ3n) is 5.93. The smallest absolute Gasteiger partial charge is 0.255 e. The van der Waals surface area contributed by atoms with Gasteiger partial charge >= 0.3 is 0 Å². The minimum atomic E-state index is -0.471. The Kier molecular flexibility index (Phi) is 6.69. The van der Waals surface area contributed by atoms with Crippen molar-refractivity contribution < 1.29 is 9.59 Å². The molecule has 36 heavy (non-hydrogen) atoms. The second-order valence-electron chi connectivity index (χ2n) is 8.54. The highest BCUT2D eigenvalue weighted by Gasteiger charge is 2.34. The van der Waals surface area contributed by atoms with Crippen molar-refractivity contribution in [2.45, 2.75) is 25.0 Å². The van der Waals surface area contributed by atoms with Crippen molar-refractivity contribution in [3.63, 3.8) is 0 Å². The van der Waals surface area contributed by atoms with E-state index in [0.29, 0.717) is 33.6 Å². The van der Waals surface area contributed by atoms with E-state index in [1.807, 2.05) is 98.8 Å². The molecule has 0 aliphatic carbocycles. The average molecular weight is 496 g/mol. The fourth-order valence-electron chi connectivity index (χ4n) is 4.10. The van der Waals surface area contributed by atoms with E-state index in [2.05, 4.69) is 15.6 Å². The van der Waals surface area contributed by atoms with Crippen LogP contribution >= 0.6 is 11.8 Å². The molecule has 4 aromatic rings. The first-order valence-electron chi connectivity index (χ1n) is 11.6. The van der Waals surface area contributed by atoms with Gasteiger partial charge in [0.25, 0.3) is 5.91 Å². The molecule has 0 radical (unpaired) electrons. The van der Waals surface area contributed by atoms with Gasteiger partial charge in [0.05, 0.1) is 11.3 Å². The summed E-state index contributed by atoms with van der Waals surface area (Å²) in [4.78, 5) is 30.7. The van der Waals surface area contributed by atoms with Gasteiger partial charge in [-0.25, -0.2) is 4.68 Å². The van der Waals surface area contributed by atoms with Gasteiger partial charge in [0.15, 0.2) is 5.78 Å². The van der Waals surface area contributed by atoms with Crippen molar-refractivity contribution in [2.75, 3.05) is 16.4 Å². The highest BCUT2D eigenvalue weighted by molar-refractivity contribution is 7.99. The Labute approximate surface area is 213 Å². The van der Waals surface area contributed by atoms with Crippen LogP contribution in [0.5, 0.6) is 0 Å². The third-order valence-corrected chi connectivity index (χ3v) is 6.77. The Morgan fingerprint density at radius 1 is 0.944 bits per heavy atom. The van der Waals surface area contributed by atoms with Gasteiger partial charge in [-0.1, -0.05) is 90.1 Å². The molecule has 1 amide bonds. The van der Waals surface area contributed by atoms with E-state index < -0.39 is 6.04 Å². The lowest BCUT2D eigenvalue weighted by Crippen LogP contribution is -2.31. The number of Topliss-reactive ketones (excluding diaryl/α,β-unsaturated/α-hetero) is 1. The zero-order chi connectivity index (χ0) is 25.1. The van der Waals surface area contributed by atoms with Crippen LogP contribution in [-0.4, -0.2) is 32.2 Å². The third kappa shape index (κ3) is 4.94. The molecule has 0 saturated carbocycles. The maximum Gasteiger partial charge on any atom is 0.255 e. The highest BCUT2D eigenvalue weighted by Crippen LogP contribution is 2.36. The van der Waals surface area contributed by atoms with Crippen molar-refractivity contribution in [1.82, 2.24) is 14.8 Å². The minimum absolute atomic E-state index is 0.0116. The first kappa shape index (κ1) is 23.6. The molecule has 0 fully saturated rings. The maximum atomic E-state index is 13.5. The van der Waals surface area contributed by atoms with E-state index in [0.717, 1.165) is 11.1 Å². The number of rotatable bonds is 7. The number of aryl methyl sites for hydroxylation is 1. The van der Waals surface area contributed by atoms with E-state index >= 15 is 0 Å². The van der Waals surface area contributed by atoms with Gasteiger partial charge in [0.1, 0.15) is 6.04 Å². The molecule has 1 aliphatic heterocycles. The summed E-state index contributed by atoms with van der Waals surface area (Å²) < 4.78 is 1.72. The van der Waals surface area contributed by atoms with Gasteiger partial charge in [-0.05, 0) is 31.5 Å². The number of anilines is 2. The van der Waals surface area contributed by atoms with Crippen LogP contribution in [0.15, 0.2) is 101 Å². The molecule has 1 atom stereocenters. The number of amides is 1. The van der Waals surface area contributed by atoms with Crippen molar-refractivity contribution in [1.29, 1.82) is 0 Å². The van der Waals surface area contributed by atoms with Gasteiger partial charge in [0.2, 0.25) is 11.1 Å². The Morgan fingerprint density at radius 2 is 1.61 bits per heavy atom. The summed E-state index contributed by atoms with van der Waals surface area (Å²) in [6.07, 6.45) is 0. The standard InChI is InChI=1S/C28H25N5O2S/c1-18-13-15-20(16-14-18)23(34)17-36-28-31-27-29-19(2)24(26(35)30-22-11-7-4-8-12-22)25(33(27)32-28)21-9-5-3-6-10-21/h3-16,25H,17H2,1-2H3,(H,30,35)(H,29,31,32)/t25-/m0/s1. The van der Waals surface area contributed by atoms with Gasteiger partial charge in [-0.3, -0.25) is 9.59 Å². The van der Waals surface area contributed by atoms with Crippen LogP contribution in [0.3, 0.4) is 0 Å². The molecule has 1 aliphatic rings. The molecule has 0 unspecified atom stereocenters. The van der Waals surface area contributed by atoms with Crippen LogP contribution in [0, 0.1) is 6.92 Å². The second-order valence-corrected chi connectivity index (χ2v) is 9.48. The molecule has 0 saturated heterocycles. The number of nitrogens with one attached hydrogen (secondary N) is 2. The average Bonchev–Trinajstić information content (AvgIpc) is 3.30. The van der Waals surface area contributed by atoms with Crippen molar-refractivity contribution >= 4 is 35.1 Å². The number of carbonyl (C=O) groups is 2. The number of para-hydroxylation sites is 1. The molecular weight excluding hydrogens is 470 g/mol. The number of fused-ring (bicyclic) bond motifs is 1. The van der Waals surface area contributed by atoms with Crippen LogP contribution < -0.4 is 10.6 Å². The number of hydrogen-bond donors (Lipinski definition) is 2. The number of allylic oxidation sites excluding steroid dienone is 1. The number of aromatic nitrogens is 3. The minimum Gasteiger partial charge on any atom is -0.328 e. The molecule has 0 bridgehead atoms. The summed E-state index contributed by atoms with van der Waals surface area (Å²) in [6, 6.07) is 26.2. The first-order valence-corrected chi connectivity index (χ1v) is 12.6. The summed E-state index contributed by atoms with van der Waals surface area (Å²) in [5, 5.41) is 11.4. The van der Waals surface area contributed by atoms with Crippen LogP contribution in [0.1, 0.15) is 34.5 Å². The summed E-state index contributed by atoms with van der Waals surface area (Å²) in [6.45, 7) is 3.85. The van der Waals surface area contributed by atoms with Crippen LogP contribution in [-0.2, 0) is 4.79 Å². The number of nitrogens with zero attached hydrogens (tertiary/aromatic N) is 3. The molecule has 2 heterocycles. The highest BCUT2D eigenvalue weighted by atomic mass is 32.2. The molecule has 180 valence electrons. The van der Waals surface area contributed by atoms with E-state index in [-0.39, 0.29) is 17.4 Å². The fraction of sp³-hybridized carbons (Fsp3) is 0.143. The summed E-state index contributed by atoms with van der Waals surface area (Å²) in [7, 11) is 0. The molecule has 7 nitrogen and oxygen atoms in total. The number of ketones is 1. The Hall–Kier alpha value is -4.17. The van der Waals surface area contributed by atoms with Gasteiger partial charge in [-0.15, -0.1) is 5.10 Å².